The minimum atomic E-state index is -0.820. The smallest absolute Gasteiger partial charge is 0.293 e. The molecule has 1 aliphatic rings. The third-order valence-electron chi connectivity index (χ3n) is 5.55. The highest BCUT2D eigenvalue weighted by atomic mass is 16.6. The number of nitrogens with zero attached hydrogens (tertiary/aromatic N) is 3. The van der Waals surface area contributed by atoms with Crippen molar-refractivity contribution in [2.45, 2.75) is 26.4 Å². The zero-order chi connectivity index (χ0) is 24.0. The first kappa shape index (κ1) is 23.7. The van der Waals surface area contributed by atoms with E-state index in [1.54, 1.807) is 11.8 Å². The van der Waals surface area contributed by atoms with Gasteiger partial charge in [-0.05, 0) is 24.6 Å². The summed E-state index contributed by atoms with van der Waals surface area (Å²) in [6, 6.07) is 12.8. The van der Waals surface area contributed by atoms with E-state index in [-0.39, 0.29) is 23.1 Å². The van der Waals surface area contributed by atoms with Gasteiger partial charge in [0.15, 0.2) is 0 Å². The monoisotopic (exact) mass is 453 g/mol. The van der Waals surface area contributed by atoms with Gasteiger partial charge in [-0.1, -0.05) is 30.3 Å². The van der Waals surface area contributed by atoms with Gasteiger partial charge in [0.1, 0.15) is 11.7 Å². The maximum Gasteiger partial charge on any atom is 0.293 e. The summed E-state index contributed by atoms with van der Waals surface area (Å²) in [5.74, 6) is -0.965. The number of nitrogens with one attached hydrogen (secondary N) is 2. The Morgan fingerprint density at radius 1 is 1.06 bits per heavy atom. The molecule has 0 bridgehead atoms. The Labute approximate surface area is 191 Å². The van der Waals surface area contributed by atoms with Gasteiger partial charge in [0.05, 0.1) is 4.92 Å². The second kappa shape index (κ2) is 10.6. The second-order valence-electron chi connectivity index (χ2n) is 7.85. The average molecular weight is 453 g/mol. The zero-order valence-corrected chi connectivity index (χ0v) is 18.6. The fraction of sp³-hybridized carbons (Fsp3) is 0.348. The van der Waals surface area contributed by atoms with Crippen molar-refractivity contribution in [3.8, 4) is 0 Å². The normalized spacial score (nSPS) is 14.4. The molecule has 0 saturated carbocycles. The summed E-state index contributed by atoms with van der Waals surface area (Å²) in [6.07, 6.45) is 0. The number of nitro groups is 1. The van der Waals surface area contributed by atoms with E-state index in [1.165, 1.54) is 25.1 Å². The van der Waals surface area contributed by atoms with Crippen LogP contribution in [-0.4, -0.2) is 59.8 Å². The number of rotatable bonds is 7. The molecule has 3 amide bonds. The minimum Gasteiger partial charge on any atom is -0.362 e. The summed E-state index contributed by atoms with van der Waals surface area (Å²) in [7, 11) is 0. The third kappa shape index (κ3) is 6.06. The van der Waals surface area contributed by atoms with Crippen LogP contribution in [0.1, 0.15) is 29.8 Å². The lowest BCUT2D eigenvalue weighted by atomic mass is 10.1. The van der Waals surface area contributed by atoms with Crippen molar-refractivity contribution in [3.63, 3.8) is 0 Å². The van der Waals surface area contributed by atoms with Crippen LogP contribution in [0.2, 0.25) is 0 Å². The lowest BCUT2D eigenvalue weighted by Gasteiger charge is -2.35. The molecule has 0 spiro atoms. The van der Waals surface area contributed by atoms with E-state index in [1.807, 2.05) is 35.2 Å². The topological polar surface area (TPSA) is 125 Å². The fourth-order valence-electron chi connectivity index (χ4n) is 3.62. The van der Waals surface area contributed by atoms with Crippen LogP contribution >= 0.6 is 0 Å². The summed E-state index contributed by atoms with van der Waals surface area (Å²) in [4.78, 5) is 51.2. The molecule has 1 aliphatic heterocycles. The molecule has 2 N–H and O–H groups in total. The Balaban J connectivity index is 1.64. The van der Waals surface area contributed by atoms with E-state index < -0.39 is 16.9 Å². The van der Waals surface area contributed by atoms with Crippen molar-refractivity contribution in [3.05, 3.63) is 69.8 Å². The van der Waals surface area contributed by atoms with Gasteiger partial charge in [0, 0.05) is 51.3 Å². The molecule has 10 heteroatoms. The molecule has 0 radical (unpaired) electrons. The number of benzene rings is 2. The van der Waals surface area contributed by atoms with Crippen LogP contribution < -0.4 is 15.5 Å². The van der Waals surface area contributed by atoms with Crippen molar-refractivity contribution in [2.24, 2.45) is 0 Å². The molecule has 1 saturated heterocycles. The standard InChI is InChI=1S/C23H27N5O5/c1-16(22(30)24-15-18-6-4-3-5-7-18)25-23(31)19-8-9-20(21(14-19)28(32)33)27-12-10-26(11-13-27)17(2)29/h3-9,14,16H,10-13,15H2,1-2H3,(H,24,30)(H,25,31). The van der Waals surface area contributed by atoms with E-state index in [0.717, 1.165) is 5.56 Å². The van der Waals surface area contributed by atoms with Crippen LogP contribution in [0.15, 0.2) is 48.5 Å². The van der Waals surface area contributed by atoms with Crippen molar-refractivity contribution < 1.29 is 19.3 Å². The van der Waals surface area contributed by atoms with Crippen molar-refractivity contribution in [2.75, 3.05) is 31.1 Å². The first-order valence-electron chi connectivity index (χ1n) is 10.7. The van der Waals surface area contributed by atoms with Gasteiger partial charge in [0.2, 0.25) is 11.8 Å². The van der Waals surface area contributed by atoms with Crippen LogP contribution in [0, 0.1) is 10.1 Å². The highest BCUT2D eigenvalue weighted by Gasteiger charge is 2.26. The van der Waals surface area contributed by atoms with Gasteiger partial charge in [-0.15, -0.1) is 0 Å². The lowest BCUT2D eigenvalue weighted by molar-refractivity contribution is -0.384. The van der Waals surface area contributed by atoms with E-state index in [2.05, 4.69) is 10.6 Å². The maximum atomic E-state index is 12.6. The molecule has 174 valence electrons. The minimum absolute atomic E-state index is 0.0295. The molecule has 2 aromatic carbocycles. The van der Waals surface area contributed by atoms with E-state index >= 15 is 0 Å². The van der Waals surface area contributed by atoms with E-state index in [4.69, 9.17) is 0 Å². The van der Waals surface area contributed by atoms with Crippen LogP contribution in [-0.2, 0) is 16.1 Å². The maximum absolute atomic E-state index is 12.6. The number of hydrogen-bond acceptors (Lipinski definition) is 6. The number of nitro benzene ring substituents is 1. The Kier molecular flexibility index (Phi) is 7.60. The van der Waals surface area contributed by atoms with E-state index in [0.29, 0.717) is 38.4 Å². The predicted octanol–water partition coefficient (Wildman–Crippen LogP) is 1.70. The number of piperazine rings is 1. The Hall–Kier alpha value is -3.95. The third-order valence-corrected chi connectivity index (χ3v) is 5.55. The zero-order valence-electron chi connectivity index (χ0n) is 18.6. The van der Waals surface area contributed by atoms with Gasteiger partial charge in [-0.3, -0.25) is 24.5 Å². The lowest BCUT2D eigenvalue weighted by Crippen LogP contribution is -2.48. The predicted molar refractivity (Wildman–Crippen MR) is 123 cm³/mol. The Morgan fingerprint density at radius 2 is 1.73 bits per heavy atom. The highest BCUT2D eigenvalue weighted by molar-refractivity contribution is 5.98. The molecular formula is C23H27N5O5. The van der Waals surface area contributed by atoms with E-state index in [9.17, 15) is 24.5 Å². The number of carbonyl (C=O) groups excluding carboxylic acids is 3. The van der Waals surface area contributed by atoms with Crippen LogP contribution in [0.4, 0.5) is 11.4 Å². The molecule has 3 rings (SSSR count). The van der Waals surface area contributed by atoms with Gasteiger partial charge in [-0.2, -0.15) is 0 Å². The largest absolute Gasteiger partial charge is 0.362 e. The molecule has 1 fully saturated rings. The molecule has 0 aliphatic carbocycles. The molecule has 10 nitrogen and oxygen atoms in total. The second-order valence-corrected chi connectivity index (χ2v) is 7.85. The molecule has 2 aromatic rings. The number of hydrogen-bond donors (Lipinski definition) is 2. The Bertz CT molecular complexity index is 1030. The van der Waals surface area contributed by atoms with Crippen LogP contribution in [0.5, 0.6) is 0 Å². The Morgan fingerprint density at radius 3 is 2.33 bits per heavy atom. The number of anilines is 1. The summed E-state index contributed by atoms with van der Waals surface area (Å²) < 4.78 is 0. The average Bonchev–Trinajstić information content (AvgIpc) is 2.82. The molecule has 33 heavy (non-hydrogen) atoms. The quantitative estimate of drug-likeness (QED) is 0.486. The number of carbonyl (C=O) groups is 3. The first-order valence-corrected chi connectivity index (χ1v) is 10.7. The number of amides is 3. The molecular weight excluding hydrogens is 426 g/mol. The molecule has 1 heterocycles. The van der Waals surface area contributed by atoms with Gasteiger partial charge in [0.25, 0.3) is 11.6 Å². The van der Waals surface area contributed by atoms with Crippen molar-refractivity contribution >= 4 is 29.1 Å². The van der Waals surface area contributed by atoms with Gasteiger partial charge < -0.3 is 20.4 Å². The van der Waals surface area contributed by atoms with Crippen molar-refractivity contribution in [1.82, 2.24) is 15.5 Å². The van der Waals surface area contributed by atoms with Gasteiger partial charge in [-0.25, -0.2) is 0 Å². The summed E-state index contributed by atoms with van der Waals surface area (Å²) in [5.41, 5.74) is 1.23. The molecule has 1 unspecified atom stereocenters. The summed E-state index contributed by atoms with van der Waals surface area (Å²) >= 11 is 0. The van der Waals surface area contributed by atoms with Gasteiger partial charge >= 0.3 is 0 Å². The molecule has 0 aromatic heterocycles. The SMILES string of the molecule is CC(=O)N1CCN(c2ccc(C(=O)NC(C)C(=O)NCc3ccccc3)cc2[N+](=O)[O-])CC1. The molecule has 1 atom stereocenters. The van der Waals surface area contributed by atoms with Crippen LogP contribution in [0.3, 0.4) is 0 Å². The highest BCUT2D eigenvalue weighted by Crippen LogP contribution is 2.30. The summed E-state index contributed by atoms with van der Waals surface area (Å²) in [5, 5.41) is 17.0. The van der Waals surface area contributed by atoms with Crippen LogP contribution in [0.25, 0.3) is 0 Å². The first-order chi connectivity index (χ1) is 15.8. The summed E-state index contributed by atoms with van der Waals surface area (Å²) in [6.45, 7) is 5.25. The fourth-order valence-corrected chi connectivity index (χ4v) is 3.62. The van der Waals surface area contributed by atoms with Crippen molar-refractivity contribution in [1.29, 1.82) is 0 Å².